The van der Waals surface area contributed by atoms with Gasteiger partial charge in [0.25, 0.3) is 11.9 Å². The number of nitrogen functional groups attached to an aromatic ring is 1. The van der Waals surface area contributed by atoms with E-state index in [0.717, 1.165) is 0 Å². The Hall–Kier alpha value is -3.09. The van der Waals surface area contributed by atoms with Crippen LogP contribution in [0.2, 0.25) is 0 Å². The molecular formula is C16H20N8O4. The molecule has 0 spiro atoms. The van der Waals surface area contributed by atoms with Crippen molar-refractivity contribution >= 4 is 22.9 Å². The van der Waals surface area contributed by atoms with Crippen LogP contribution in [-0.2, 0) is 4.74 Å². The number of carbonyl (C=O) groups excluding carboxylic acids is 1. The van der Waals surface area contributed by atoms with E-state index in [2.05, 4.69) is 25.4 Å². The van der Waals surface area contributed by atoms with Crippen LogP contribution < -0.4 is 11.1 Å². The number of anilines is 1. The van der Waals surface area contributed by atoms with Crippen LogP contribution in [0.15, 0.2) is 18.7 Å². The van der Waals surface area contributed by atoms with Crippen LogP contribution >= 0.6 is 0 Å². The van der Waals surface area contributed by atoms with Crippen LogP contribution in [0, 0.1) is 0 Å². The van der Waals surface area contributed by atoms with Crippen LogP contribution in [0.5, 0.6) is 0 Å². The van der Waals surface area contributed by atoms with E-state index in [4.69, 9.17) is 10.5 Å². The Bertz CT molecular complexity index is 1020. The minimum absolute atomic E-state index is 0.145. The number of ether oxygens (including phenoxy) is 1. The van der Waals surface area contributed by atoms with Gasteiger partial charge in [-0.2, -0.15) is 15.1 Å². The standard InChI is InChI=1S/C16H20N8O4/c1-2-18-15(27)8-4-20-24(5-8)16-21-13(17)12-14(22-16)23(7-19-12)11-3-9(26)10(6-25)28-11/h4-5,7,9-11,25-26H,2-3,6H2,1H3,(H,18,27)(H2,17,21,22)/t9-,10+,11?/m0/s1. The minimum atomic E-state index is -0.795. The zero-order chi connectivity index (χ0) is 19.8. The number of nitrogens with one attached hydrogen (secondary N) is 1. The monoisotopic (exact) mass is 388 g/mol. The van der Waals surface area contributed by atoms with Crippen molar-refractivity contribution in [3.63, 3.8) is 0 Å². The van der Waals surface area contributed by atoms with Crippen molar-refractivity contribution in [1.29, 1.82) is 0 Å². The van der Waals surface area contributed by atoms with Gasteiger partial charge in [-0.3, -0.25) is 9.36 Å². The van der Waals surface area contributed by atoms with Crippen molar-refractivity contribution in [3.05, 3.63) is 24.3 Å². The smallest absolute Gasteiger partial charge is 0.254 e. The first kappa shape index (κ1) is 18.3. The third-order valence-corrected chi connectivity index (χ3v) is 4.52. The predicted octanol–water partition coefficient (Wildman–Crippen LogP) is -1.02. The fourth-order valence-corrected chi connectivity index (χ4v) is 3.10. The number of fused-ring (bicyclic) bond motifs is 1. The van der Waals surface area contributed by atoms with Gasteiger partial charge in [0.05, 0.1) is 30.8 Å². The summed E-state index contributed by atoms with van der Waals surface area (Å²) in [4.78, 5) is 24.8. The Morgan fingerprint density at radius 2 is 2.29 bits per heavy atom. The summed E-state index contributed by atoms with van der Waals surface area (Å²) >= 11 is 0. The SMILES string of the molecule is CCNC(=O)c1cnn(-c2nc(N)c3ncn(C4C[C@H](O)[C@@H](CO)O4)c3n2)c1. The molecule has 148 valence electrons. The molecule has 1 unspecified atom stereocenters. The van der Waals surface area contributed by atoms with E-state index in [1.807, 2.05) is 6.92 Å². The summed E-state index contributed by atoms with van der Waals surface area (Å²) in [5.41, 5.74) is 7.17. The van der Waals surface area contributed by atoms with Crippen molar-refractivity contribution in [2.45, 2.75) is 31.8 Å². The molecule has 1 amide bonds. The van der Waals surface area contributed by atoms with E-state index in [0.29, 0.717) is 23.3 Å². The van der Waals surface area contributed by atoms with E-state index < -0.39 is 18.4 Å². The number of aromatic nitrogens is 6. The largest absolute Gasteiger partial charge is 0.394 e. The quantitative estimate of drug-likeness (QED) is 0.428. The first-order valence-corrected chi connectivity index (χ1v) is 8.79. The maximum absolute atomic E-state index is 11.9. The number of amides is 1. The van der Waals surface area contributed by atoms with Gasteiger partial charge in [0.2, 0.25) is 0 Å². The van der Waals surface area contributed by atoms with Crippen LogP contribution in [0.1, 0.15) is 29.9 Å². The first-order valence-electron chi connectivity index (χ1n) is 8.79. The second kappa shape index (κ2) is 7.14. The summed E-state index contributed by atoms with van der Waals surface area (Å²) in [5.74, 6) is 0.0573. The third kappa shape index (κ3) is 3.06. The number of rotatable bonds is 5. The van der Waals surface area contributed by atoms with Gasteiger partial charge in [0.1, 0.15) is 17.8 Å². The van der Waals surface area contributed by atoms with Gasteiger partial charge in [0, 0.05) is 19.2 Å². The number of nitrogens with two attached hydrogens (primary N) is 1. The highest BCUT2D eigenvalue weighted by atomic mass is 16.5. The van der Waals surface area contributed by atoms with Gasteiger partial charge >= 0.3 is 0 Å². The van der Waals surface area contributed by atoms with Gasteiger partial charge in [-0.15, -0.1) is 0 Å². The maximum Gasteiger partial charge on any atom is 0.254 e. The van der Waals surface area contributed by atoms with Crippen molar-refractivity contribution in [2.75, 3.05) is 18.9 Å². The molecule has 1 aliphatic heterocycles. The zero-order valence-corrected chi connectivity index (χ0v) is 15.1. The fraction of sp³-hybridized carbons (Fsp3) is 0.438. The van der Waals surface area contributed by atoms with E-state index in [-0.39, 0.29) is 30.7 Å². The summed E-state index contributed by atoms with van der Waals surface area (Å²) in [7, 11) is 0. The zero-order valence-electron chi connectivity index (χ0n) is 15.1. The molecule has 0 aromatic carbocycles. The molecule has 1 saturated heterocycles. The molecule has 12 nitrogen and oxygen atoms in total. The average molecular weight is 388 g/mol. The van der Waals surface area contributed by atoms with Crippen LogP contribution in [0.4, 0.5) is 5.82 Å². The van der Waals surface area contributed by atoms with E-state index in [1.54, 1.807) is 4.57 Å². The summed E-state index contributed by atoms with van der Waals surface area (Å²) in [5, 5.41) is 26.1. The van der Waals surface area contributed by atoms with Gasteiger partial charge in [-0.25, -0.2) is 9.67 Å². The minimum Gasteiger partial charge on any atom is -0.394 e. The number of aliphatic hydroxyl groups excluding tert-OH is 2. The number of carbonyl (C=O) groups is 1. The lowest BCUT2D eigenvalue weighted by Crippen LogP contribution is -2.24. The molecule has 3 atom stereocenters. The average Bonchev–Trinajstić information content (AvgIpc) is 3.39. The summed E-state index contributed by atoms with van der Waals surface area (Å²) in [6, 6.07) is 0. The molecule has 0 saturated carbocycles. The normalized spacial score (nSPS) is 22.0. The van der Waals surface area contributed by atoms with Gasteiger partial charge in [-0.1, -0.05) is 0 Å². The van der Waals surface area contributed by atoms with E-state index in [9.17, 15) is 15.0 Å². The van der Waals surface area contributed by atoms with E-state index >= 15 is 0 Å². The first-order chi connectivity index (χ1) is 13.5. The molecule has 5 N–H and O–H groups in total. The highest BCUT2D eigenvalue weighted by molar-refractivity contribution is 5.93. The van der Waals surface area contributed by atoms with Crippen molar-refractivity contribution in [3.8, 4) is 5.95 Å². The Morgan fingerprint density at radius 1 is 1.46 bits per heavy atom. The lowest BCUT2D eigenvalue weighted by Gasteiger charge is -2.14. The van der Waals surface area contributed by atoms with Gasteiger partial charge in [-0.05, 0) is 6.92 Å². The topological polar surface area (TPSA) is 166 Å². The molecule has 4 rings (SSSR count). The summed E-state index contributed by atoms with van der Waals surface area (Å²) < 4.78 is 8.64. The third-order valence-electron chi connectivity index (χ3n) is 4.52. The summed E-state index contributed by atoms with van der Waals surface area (Å²) in [6.45, 7) is 2.04. The van der Waals surface area contributed by atoms with Crippen molar-refractivity contribution < 1.29 is 19.7 Å². The van der Waals surface area contributed by atoms with Gasteiger partial charge < -0.3 is 26.0 Å². The molecule has 0 aliphatic carbocycles. The molecule has 0 radical (unpaired) electrons. The lowest BCUT2D eigenvalue weighted by atomic mass is 10.2. The maximum atomic E-state index is 11.9. The predicted molar refractivity (Wildman–Crippen MR) is 96.5 cm³/mol. The van der Waals surface area contributed by atoms with Crippen LogP contribution in [0.3, 0.4) is 0 Å². The van der Waals surface area contributed by atoms with Crippen molar-refractivity contribution in [2.24, 2.45) is 0 Å². The second-order valence-electron chi connectivity index (χ2n) is 6.38. The van der Waals surface area contributed by atoms with Crippen molar-refractivity contribution in [1.82, 2.24) is 34.6 Å². The highest BCUT2D eigenvalue weighted by Crippen LogP contribution is 2.31. The number of imidazole rings is 1. The Kier molecular flexibility index (Phi) is 4.66. The second-order valence-corrected chi connectivity index (χ2v) is 6.38. The number of hydrogen-bond acceptors (Lipinski definition) is 9. The highest BCUT2D eigenvalue weighted by Gasteiger charge is 2.35. The molecule has 12 heteroatoms. The lowest BCUT2D eigenvalue weighted by molar-refractivity contribution is -0.0432. The Labute approximate surface area is 159 Å². The molecule has 0 bridgehead atoms. The molecular weight excluding hydrogens is 368 g/mol. The Balaban J connectivity index is 1.71. The molecule has 4 heterocycles. The number of nitrogens with zero attached hydrogens (tertiary/aromatic N) is 6. The number of aliphatic hydroxyl groups is 2. The summed E-state index contributed by atoms with van der Waals surface area (Å²) in [6.07, 6.45) is 2.67. The molecule has 28 heavy (non-hydrogen) atoms. The van der Waals surface area contributed by atoms with E-state index in [1.165, 1.54) is 23.4 Å². The Morgan fingerprint density at radius 3 is 3.00 bits per heavy atom. The van der Waals surface area contributed by atoms with Crippen LogP contribution in [-0.4, -0.2) is 70.8 Å². The fourth-order valence-electron chi connectivity index (χ4n) is 3.10. The molecule has 1 aliphatic rings. The van der Waals surface area contributed by atoms with Crippen LogP contribution in [0.25, 0.3) is 17.1 Å². The molecule has 3 aromatic heterocycles. The van der Waals surface area contributed by atoms with Gasteiger partial charge in [0.15, 0.2) is 11.5 Å². The number of hydrogen-bond donors (Lipinski definition) is 4. The molecule has 1 fully saturated rings. The molecule has 3 aromatic rings.